The molecule has 362 valence electrons. The number of unbranched alkanes of at least 4 members (excludes halogenated alkanes) is 11. The van der Waals surface area contributed by atoms with Gasteiger partial charge in [-0.15, -0.1) is 0 Å². The Bertz CT molecular complexity index is 1660. The zero-order valence-corrected chi connectivity index (χ0v) is 40.8. The molecule has 0 aliphatic heterocycles. The zero-order valence-electron chi connectivity index (χ0n) is 39.9. The number of ether oxygens (including phenoxy) is 1. The second kappa shape index (κ2) is 35.2. The number of rotatable bonds is 35. The minimum absolute atomic E-state index is 0.0517. The Morgan fingerprint density at radius 3 is 1.94 bits per heavy atom. The minimum atomic E-state index is -4.39. The van der Waals surface area contributed by atoms with Crippen molar-refractivity contribution < 1.29 is 47.2 Å². The Morgan fingerprint density at radius 2 is 1.30 bits per heavy atom. The summed E-state index contributed by atoms with van der Waals surface area (Å²) < 4.78 is 27.0. The van der Waals surface area contributed by atoms with E-state index < -0.39 is 44.5 Å². The van der Waals surface area contributed by atoms with Gasteiger partial charge in [0.25, 0.3) is 0 Å². The zero-order chi connectivity index (χ0) is 47.5. The summed E-state index contributed by atoms with van der Waals surface area (Å²) in [7, 11) is -4.39. The number of hydrogen-bond donors (Lipinski definition) is 5. The normalized spacial score (nSPS) is 15.4. The van der Waals surface area contributed by atoms with Crippen LogP contribution in [0.15, 0.2) is 70.9 Å². The van der Waals surface area contributed by atoms with Gasteiger partial charge in [-0.05, 0) is 88.7 Å². The maximum atomic E-state index is 12.3. The summed E-state index contributed by atoms with van der Waals surface area (Å²) in [6, 6.07) is 0. The van der Waals surface area contributed by atoms with Crippen molar-refractivity contribution in [3.63, 3.8) is 0 Å². The van der Waals surface area contributed by atoms with Gasteiger partial charge < -0.3 is 30.9 Å². The molecule has 0 radical (unpaired) electrons. The summed E-state index contributed by atoms with van der Waals surface area (Å²) in [5.74, 6) is -2.60. The Labute approximate surface area is 384 Å². The van der Waals surface area contributed by atoms with Crippen LogP contribution < -0.4 is 21.3 Å². The first-order chi connectivity index (χ1) is 30.5. The molecule has 1 unspecified atom stereocenters. The fourth-order valence-electron chi connectivity index (χ4n) is 6.88. The van der Waals surface area contributed by atoms with Crippen molar-refractivity contribution in [3.05, 3.63) is 70.9 Å². The lowest BCUT2D eigenvalue weighted by molar-refractivity contribution is -0.144. The van der Waals surface area contributed by atoms with Crippen LogP contribution in [0.1, 0.15) is 157 Å². The summed E-state index contributed by atoms with van der Waals surface area (Å²) in [4.78, 5) is 70.4. The number of phosphoric ester groups is 1. The van der Waals surface area contributed by atoms with Crippen LogP contribution in [0.4, 0.5) is 0 Å². The molecule has 64 heavy (non-hydrogen) atoms. The van der Waals surface area contributed by atoms with E-state index in [-0.39, 0.29) is 50.7 Å². The van der Waals surface area contributed by atoms with Crippen LogP contribution in [0.3, 0.4) is 0 Å². The molecule has 1 aliphatic carbocycles. The molecule has 14 nitrogen and oxygen atoms in total. The van der Waals surface area contributed by atoms with Crippen LogP contribution >= 0.6 is 7.82 Å². The van der Waals surface area contributed by atoms with Crippen LogP contribution in [0.2, 0.25) is 0 Å². The standard InChI is InChI=1S/C49H81N4O10P/c1-7-8-9-10-11-12-13-14-15-16-17-18-19-20-21-28-48(58)61-33-24-34-62-64(59,60)63-35-32-50-45(55)37-52-47(57)39-53-46(56)38-51-44(54)36-41(3)26-22-25-40(2)29-30-43-42(4)27-23-31-49(43,5)6/h14-15,22,25-26,29-30,36H,7-13,16-21,23-24,27-28,31-35,37-39H2,1-6H3,(H,50,55)(H,51,54)(H,52,57)(H,53,56)(H,59,60)/b15-14-,26-22+,30-29+,40-25+,41-36+. The first-order valence-corrected chi connectivity index (χ1v) is 25.0. The molecule has 1 aliphatic rings. The molecule has 0 heterocycles. The first kappa shape index (κ1) is 57.9. The molecular formula is C49H81N4O10P. The van der Waals surface area contributed by atoms with Crippen molar-refractivity contribution in [2.45, 2.75) is 157 Å². The van der Waals surface area contributed by atoms with E-state index in [9.17, 15) is 33.4 Å². The van der Waals surface area contributed by atoms with Crippen molar-refractivity contribution >= 4 is 37.4 Å². The fraction of sp³-hybridized carbons (Fsp3) is 0.653. The third kappa shape index (κ3) is 31.7. The van der Waals surface area contributed by atoms with E-state index in [0.29, 0.717) is 12.0 Å². The highest BCUT2D eigenvalue weighted by molar-refractivity contribution is 7.47. The molecule has 0 saturated heterocycles. The van der Waals surface area contributed by atoms with Gasteiger partial charge >= 0.3 is 13.8 Å². The molecule has 0 aromatic carbocycles. The molecule has 0 saturated carbocycles. The second-order valence-electron chi connectivity index (χ2n) is 17.1. The molecule has 1 rings (SSSR count). The number of esters is 1. The predicted octanol–water partition coefficient (Wildman–Crippen LogP) is 9.09. The van der Waals surface area contributed by atoms with Crippen molar-refractivity contribution in [2.24, 2.45) is 5.41 Å². The largest absolute Gasteiger partial charge is 0.472 e. The summed E-state index contributed by atoms with van der Waals surface area (Å²) in [5, 5.41) is 9.59. The lowest BCUT2D eigenvalue weighted by Gasteiger charge is -2.32. The third-order valence-electron chi connectivity index (χ3n) is 10.6. The maximum absolute atomic E-state index is 12.3. The monoisotopic (exact) mass is 917 g/mol. The van der Waals surface area contributed by atoms with Gasteiger partial charge in [0.15, 0.2) is 0 Å². The average Bonchev–Trinajstić information content (AvgIpc) is 3.23. The van der Waals surface area contributed by atoms with Crippen molar-refractivity contribution in [1.29, 1.82) is 0 Å². The van der Waals surface area contributed by atoms with E-state index in [4.69, 9.17) is 13.8 Å². The van der Waals surface area contributed by atoms with E-state index >= 15 is 0 Å². The average molecular weight is 917 g/mol. The quantitative estimate of drug-likeness (QED) is 0.0102. The Hall–Kier alpha value is -4.10. The van der Waals surface area contributed by atoms with Gasteiger partial charge in [0.05, 0.1) is 39.5 Å². The number of phosphoric acid groups is 1. The molecule has 0 bridgehead atoms. The molecule has 0 aromatic rings. The Kier molecular flexibility index (Phi) is 31.9. The van der Waals surface area contributed by atoms with E-state index in [0.717, 1.165) is 50.5 Å². The van der Waals surface area contributed by atoms with Gasteiger partial charge in [-0.3, -0.25) is 33.0 Å². The topological polar surface area (TPSA) is 198 Å². The Balaban J connectivity index is 2.09. The van der Waals surface area contributed by atoms with Crippen LogP contribution in [-0.2, 0) is 42.3 Å². The molecule has 5 N–H and O–H groups in total. The van der Waals surface area contributed by atoms with Crippen molar-refractivity contribution in [2.75, 3.05) is 46.0 Å². The molecule has 0 spiro atoms. The second-order valence-corrected chi connectivity index (χ2v) is 18.5. The van der Waals surface area contributed by atoms with Gasteiger partial charge in [-0.2, -0.15) is 0 Å². The van der Waals surface area contributed by atoms with E-state index in [1.54, 1.807) is 13.0 Å². The van der Waals surface area contributed by atoms with Crippen LogP contribution in [0, 0.1) is 5.41 Å². The highest BCUT2D eigenvalue weighted by Crippen LogP contribution is 2.43. The van der Waals surface area contributed by atoms with E-state index in [2.05, 4.69) is 73.3 Å². The number of carbonyl (C=O) groups is 5. The number of nitrogens with one attached hydrogen (secondary N) is 4. The van der Waals surface area contributed by atoms with E-state index in [1.807, 2.05) is 19.1 Å². The predicted molar refractivity (Wildman–Crippen MR) is 255 cm³/mol. The van der Waals surface area contributed by atoms with Gasteiger partial charge in [0.1, 0.15) is 0 Å². The van der Waals surface area contributed by atoms with Crippen LogP contribution in [-0.4, -0.2) is 80.5 Å². The van der Waals surface area contributed by atoms with Crippen molar-refractivity contribution in [1.82, 2.24) is 21.3 Å². The SMILES string of the molecule is CCCCCCCC/C=C\CCCCCCCC(=O)OCCCOP(=O)(O)OCCNC(=O)CNC(=O)CNC(=O)CNC(=O)/C=C(C)/C=C/C=C(C)/C=C/C1=C(C)CCCC1(C)C. The lowest BCUT2D eigenvalue weighted by atomic mass is 9.72. The van der Waals surface area contributed by atoms with E-state index in [1.165, 1.54) is 75.0 Å². The molecule has 4 amide bonds. The third-order valence-corrected chi connectivity index (χ3v) is 11.6. The molecule has 1 atom stereocenters. The van der Waals surface area contributed by atoms with Gasteiger partial charge in [-0.1, -0.05) is 126 Å². The molecule has 0 fully saturated rings. The van der Waals surface area contributed by atoms with Crippen LogP contribution in [0.5, 0.6) is 0 Å². The number of carbonyl (C=O) groups excluding carboxylic acids is 5. The molecular weight excluding hydrogens is 836 g/mol. The summed E-state index contributed by atoms with van der Waals surface area (Å²) in [6.45, 7) is 11.0. The molecule has 0 aromatic heterocycles. The number of hydrogen-bond acceptors (Lipinski definition) is 9. The highest BCUT2D eigenvalue weighted by Gasteiger charge is 2.26. The molecule has 15 heteroatoms. The smallest absolute Gasteiger partial charge is 0.466 e. The minimum Gasteiger partial charge on any atom is -0.466 e. The fourth-order valence-corrected chi connectivity index (χ4v) is 7.63. The lowest BCUT2D eigenvalue weighted by Crippen LogP contribution is -2.44. The number of allylic oxidation sites excluding steroid dienone is 11. The van der Waals surface area contributed by atoms with Crippen molar-refractivity contribution in [3.8, 4) is 0 Å². The van der Waals surface area contributed by atoms with Gasteiger partial charge in [0.2, 0.25) is 23.6 Å². The van der Waals surface area contributed by atoms with Crippen LogP contribution in [0.25, 0.3) is 0 Å². The Morgan fingerprint density at radius 1 is 0.719 bits per heavy atom. The van der Waals surface area contributed by atoms with Gasteiger partial charge in [0, 0.05) is 25.5 Å². The summed E-state index contributed by atoms with van der Waals surface area (Å²) in [6.07, 6.45) is 35.3. The summed E-state index contributed by atoms with van der Waals surface area (Å²) in [5.41, 5.74) is 4.77. The first-order valence-electron chi connectivity index (χ1n) is 23.5. The number of amides is 4. The maximum Gasteiger partial charge on any atom is 0.472 e. The summed E-state index contributed by atoms with van der Waals surface area (Å²) >= 11 is 0. The highest BCUT2D eigenvalue weighted by atomic mass is 31.2. The van der Waals surface area contributed by atoms with Gasteiger partial charge in [-0.25, -0.2) is 4.57 Å².